The Labute approximate surface area is 210 Å². The van der Waals surface area contributed by atoms with Crippen LogP contribution in [0.4, 0.5) is 22.2 Å². The summed E-state index contributed by atoms with van der Waals surface area (Å²) in [4.78, 5) is 25.4. The molecule has 0 saturated heterocycles. The number of hydrogen-bond donors (Lipinski definition) is 3. The van der Waals surface area contributed by atoms with Crippen LogP contribution >= 0.6 is 15.9 Å². The van der Waals surface area contributed by atoms with Crippen molar-refractivity contribution in [3.05, 3.63) is 72.9 Å². The summed E-state index contributed by atoms with van der Waals surface area (Å²) in [6.45, 7) is 8.00. The van der Waals surface area contributed by atoms with Gasteiger partial charge >= 0.3 is 6.03 Å². The van der Waals surface area contributed by atoms with Gasteiger partial charge in [0.1, 0.15) is 5.82 Å². The second kappa shape index (κ2) is 16.1. The Kier molecular flexibility index (Phi) is 13.5. The zero-order valence-corrected chi connectivity index (χ0v) is 22.1. The van der Waals surface area contributed by atoms with Crippen LogP contribution in [0.5, 0.6) is 0 Å². The summed E-state index contributed by atoms with van der Waals surface area (Å²) in [7, 11) is 1.56. The van der Waals surface area contributed by atoms with Gasteiger partial charge in [-0.05, 0) is 29.6 Å². The van der Waals surface area contributed by atoms with Gasteiger partial charge in [0.15, 0.2) is 5.65 Å². The standard InChI is InChI=1S/C21H18N6O.2C2H6.CH3Br/c1-22-21(28)27-19-17(14-8-4-2-5-9-14)12-15-13-23-20(26-18(15)25-19)24-16-10-6-3-7-11-16;3*1-2/h2-13H,1H3,(H3,22,23,24,25,26,27,28);2*1-2H3;1H3. The van der Waals surface area contributed by atoms with E-state index in [0.717, 1.165) is 22.2 Å². The smallest absolute Gasteiger partial charge is 0.320 e. The van der Waals surface area contributed by atoms with E-state index in [1.807, 2.05) is 100 Å². The molecule has 0 spiro atoms. The second-order valence-corrected chi connectivity index (χ2v) is 6.05. The molecule has 180 valence electrons. The molecule has 0 aliphatic carbocycles. The number of para-hydroxylation sites is 1. The van der Waals surface area contributed by atoms with Crippen molar-refractivity contribution in [1.82, 2.24) is 20.3 Å². The number of carbonyl (C=O) groups excluding carboxylic acids is 1. The molecule has 2 aromatic heterocycles. The zero-order chi connectivity index (χ0) is 25.3. The second-order valence-electron chi connectivity index (χ2n) is 6.05. The maximum absolute atomic E-state index is 11.9. The van der Waals surface area contributed by atoms with Gasteiger partial charge in [0.05, 0.1) is 0 Å². The molecule has 0 bridgehead atoms. The highest BCUT2D eigenvalue weighted by Gasteiger charge is 2.13. The third-order valence-electron chi connectivity index (χ3n) is 4.14. The number of carbonyl (C=O) groups is 1. The number of benzene rings is 2. The molecule has 0 aliphatic heterocycles. The van der Waals surface area contributed by atoms with E-state index in [1.54, 1.807) is 13.2 Å². The number of nitrogens with one attached hydrogen (secondary N) is 3. The van der Waals surface area contributed by atoms with E-state index in [9.17, 15) is 4.79 Å². The Morgan fingerprint density at radius 2 is 1.44 bits per heavy atom. The van der Waals surface area contributed by atoms with Crippen LogP contribution in [-0.2, 0) is 0 Å². The molecular weight excluding hydrogens is 492 g/mol. The highest BCUT2D eigenvalue weighted by Crippen LogP contribution is 2.29. The predicted octanol–water partition coefficient (Wildman–Crippen LogP) is 7.25. The molecule has 2 amide bonds. The van der Waals surface area contributed by atoms with Crippen molar-refractivity contribution in [3.8, 4) is 11.1 Å². The van der Waals surface area contributed by atoms with Gasteiger partial charge in [-0.3, -0.25) is 5.32 Å². The average Bonchev–Trinajstić information content (AvgIpc) is 2.92. The molecular formula is C26H33BrN6O. The summed E-state index contributed by atoms with van der Waals surface area (Å²) in [6, 6.07) is 21.0. The highest BCUT2D eigenvalue weighted by molar-refractivity contribution is 9.08. The summed E-state index contributed by atoms with van der Waals surface area (Å²) in [6.07, 6.45) is 1.72. The van der Waals surface area contributed by atoms with Gasteiger partial charge in [0.2, 0.25) is 5.95 Å². The number of rotatable bonds is 4. The number of aromatic nitrogens is 3. The fourth-order valence-electron chi connectivity index (χ4n) is 2.78. The summed E-state index contributed by atoms with van der Waals surface area (Å²) in [5.41, 5.74) is 3.10. The van der Waals surface area contributed by atoms with Crippen molar-refractivity contribution in [2.24, 2.45) is 0 Å². The van der Waals surface area contributed by atoms with Gasteiger partial charge < -0.3 is 10.6 Å². The van der Waals surface area contributed by atoms with Gasteiger partial charge in [-0.1, -0.05) is 92.2 Å². The number of amides is 2. The topological polar surface area (TPSA) is 91.8 Å². The number of halogens is 1. The molecule has 2 heterocycles. The van der Waals surface area contributed by atoms with E-state index in [-0.39, 0.29) is 6.03 Å². The number of anilines is 3. The van der Waals surface area contributed by atoms with Crippen LogP contribution in [0.3, 0.4) is 0 Å². The molecule has 34 heavy (non-hydrogen) atoms. The van der Waals surface area contributed by atoms with Crippen LogP contribution in [0, 0.1) is 0 Å². The largest absolute Gasteiger partial charge is 0.341 e. The number of fused-ring (bicyclic) bond motifs is 1. The van der Waals surface area contributed by atoms with Crippen LogP contribution in [-0.4, -0.2) is 33.9 Å². The highest BCUT2D eigenvalue weighted by atomic mass is 79.9. The number of hydrogen-bond acceptors (Lipinski definition) is 5. The van der Waals surface area contributed by atoms with E-state index in [4.69, 9.17) is 0 Å². The van der Waals surface area contributed by atoms with Crippen molar-refractivity contribution < 1.29 is 4.79 Å². The van der Waals surface area contributed by atoms with Crippen molar-refractivity contribution in [1.29, 1.82) is 0 Å². The van der Waals surface area contributed by atoms with Crippen molar-refractivity contribution in [2.45, 2.75) is 27.7 Å². The van der Waals surface area contributed by atoms with Gasteiger partial charge in [-0.25, -0.2) is 14.8 Å². The third-order valence-corrected chi connectivity index (χ3v) is 4.14. The minimum Gasteiger partial charge on any atom is -0.341 e. The lowest BCUT2D eigenvalue weighted by molar-refractivity contribution is 0.254. The first-order valence-electron chi connectivity index (χ1n) is 11.1. The van der Waals surface area contributed by atoms with E-state index in [0.29, 0.717) is 17.4 Å². The minimum absolute atomic E-state index is 0.347. The number of alkyl halides is 1. The molecule has 0 aliphatic rings. The fourth-order valence-corrected chi connectivity index (χ4v) is 2.78. The average molecular weight is 525 g/mol. The van der Waals surface area contributed by atoms with E-state index in [1.165, 1.54) is 0 Å². The Bertz CT molecular complexity index is 1120. The molecule has 0 atom stereocenters. The predicted molar refractivity (Wildman–Crippen MR) is 148 cm³/mol. The van der Waals surface area contributed by atoms with Gasteiger partial charge in [-0.2, -0.15) is 4.98 Å². The monoisotopic (exact) mass is 524 g/mol. The molecule has 3 N–H and O–H groups in total. The Balaban J connectivity index is 0.000000894. The summed E-state index contributed by atoms with van der Waals surface area (Å²) in [5.74, 6) is 2.68. The zero-order valence-electron chi connectivity index (χ0n) is 20.6. The van der Waals surface area contributed by atoms with Crippen LogP contribution in [0.1, 0.15) is 27.7 Å². The minimum atomic E-state index is -0.347. The van der Waals surface area contributed by atoms with Gasteiger partial charge in [0, 0.05) is 29.9 Å². The Hall–Kier alpha value is -3.52. The van der Waals surface area contributed by atoms with Crippen LogP contribution in [0.25, 0.3) is 22.2 Å². The van der Waals surface area contributed by atoms with E-state index in [2.05, 4.69) is 46.8 Å². The summed E-state index contributed by atoms with van der Waals surface area (Å²) >= 11 is 2.94. The normalized spacial score (nSPS) is 9.15. The lowest BCUT2D eigenvalue weighted by Gasteiger charge is -2.12. The molecule has 0 radical (unpaired) electrons. The van der Waals surface area contributed by atoms with Crippen LogP contribution in [0.15, 0.2) is 72.9 Å². The quantitative estimate of drug-likeness (QED) is 0.244. The SMILES string of the molecule is CBr.CC.CC.CNC(=O)Nc1nc2nc(Nc3ccccc3)ncc2cc1-c1ccccc1. The van der Waals surface area contributed by atoms with E-state index < -0.39 is 0 Å². The van der Waals surface area contributed by atoms with Crippen LogP contribution < -0.4 is 16.0 Å². The first kappa shape index (κ1) is 28.5. The number of pyridine rings is 1. The Morgan fingerprint density at radius 1 is 0.853 bits per heavy atom. The molecule has 7 nitrogen and oxygen atoms in total. The molecule has 4 rings (SSSR count). The molecule has 0 unspecified atom stereocenters. The molecule has 8 heteroatoms. The first-order valence-corrected chi connectivity index (χ1v) is 12.7. The maximum Gasteiger partial charge on any atom is 0.320 e. The maximum atomic E-state index is 11.9. The van der Waals surface area contributed by atoms with E-state index >= 15 is 0 Å². The number of nitrogens with zero attached hydrogens (tertiary/aromatic N) is 3. The third kappa shape index (κ3) is 8.12. The lowest BCUT2D eigenvalue weighted by Crippen LogP contribution is -2.25. The number of urea groups is 1. The van der Waals surface area contributed by atoms with Crippen molar-refractivity contribution >= 4 is 50.4 Å². The molecule has 2 aromatic carbocycles. The van der Waals surface area contributed by atoms with Crippen molar-refractivity contribution in [3.63, 3.8) is 0 Å². The molecule has 0 fully saturated rings. The Morgan fingerprint density at radius 3 is 2.03 bits per heavy atom. The van der Waals surface area contributed by atoms with Gasteiger partial charge in [0.25, 0.3) is 0 Å². The summed E-state index contributed by atoms with van der Waals surface area (Å²) in [5, 5.41) is 9.26. The first-order chi connectivity index (χ1) is 16.7. The van der Waals surface area contributed by atoms with Crippen molar-refractivity contribution in [2.75, 3.05) is 23.5 Å². The van der Waals surface area contributed by atoms with Gasteiger partial charge in [-0.15, -0.1) is 0 Å². The fraction of sp³-hybridized carbons (Fsp3) is 0.231. The summed E-state index contributed by atoms with van der Waals surface area (Å²) < 4.78 is 0. The molecule has 4 aromatic rings. The van der Waals surface area contributed by atoms with Crippen LogP contribution in [0.2, 0.25) is 0 Å². The molecule has 0 saturated carbocycles. The lowest BCUT2D eigenvalue weighted by atomic mass is 10.1.